The molecule has 0 amide bonds. The van der Waals surface area contributed by atoms with Gasteiger partial charge in [0, 0.05) is 12.5 Å². The van der Waals surface area contributed by atoms with Crippen LogP contribution in [0.3, 0.4) is 0 Å². The first-order valence-corrected chi connectivity index (χ1v) is 5.33. The van der Waals surface area contributed by atoms with E-state index in [1.165, 1.54) is 12.5 Å². The van der Waals surface area contributed by atoms with Crippen molar-refractivity contribution in [2.24, 2.45) is 4.99 Å². The first kappa shape index (κ1) is 8.46. The molecule has 0 aliphatic carbocycles. The Labute approximate surface area is 66.8 Å². The van der Waals surface area contributed by atoms with Crippen molar-refractivity contribution in [2.75, 3.05) is 6.26 Å². The zero-order valence-corrected chi connectivity index (χ0v) is 7.43. The van der Waals surface area contributed by atoms with Crippen molar-refractivity contribution >= 4 is 16.1 Å². The molecule has 11 heavy (non-hydrogen) atoms. The van der Waals surface area contributed by atoms with Gasteiger partial charge in [0.05, 0.1) is 0 Å². The van der Waals surface area contributed by atoms with Crippen molar-refractivity contribution in [1.82, 2.24) is 0 Å². The van der Waals surface area contributed by atoms with Gasteiger partial charge in [0.2, 0.25) is 0 Å². The number of rotatable bonds is 2. The van der Waals surface area contributed by atoms with Crippen molar-refractivity contribution in [1.29, 1.82) is 0 Å². The summed E-state index contributed by atoms with van der Waals surface area (Å²) in [6, 6.07) is 0. The summed E-state index contributed by atoms with van der Waals surface area (Å²) in [6.07, 6.45) is 6.54. The molecule has 1 heterocycles. The Kier molecular flexibility index (Phi) is 1.88. The van der Waals surface area contributed by atoms with E-state index in [9.17, 15) is 8.42 Å². The van der Waals surface area contributed by atoms with E-state index in [0.717, 1.165) is 0 Å². The summed E-state index contributed by atoms with van der Waals surface area (Å²) in [5.74, 6) is 0. The molecule has 0 fully saturated rings. The number of nitrogens with zero attached hydrogens (tertiary/aromatic N) is 1. The molecule has 1 rings (SSSR count). The quantitative estimate of drug-likeness (QED) is 0.619. The van der Waals surface area contributed by atoms with Crippen molar-refractivity contribution in [3.05, 3.63) is 12.2 Å². The van der Waals surface area contributed by atoms with Gasteiger partial charge in [-0.15, -0.1) is 0 Å². The molecule has 0 radical (unpaired) electrons. The van der Waals surface area contributed by atoms with Crippen molar-refractivity contribution in [3.63, 3.8) is 0 Å². The number of allylic oxidation sites excluding steroid dienone is 1. The van der Waals surface area contributed by atoms with Crippen LogP contribution in [0.4, 0.5) is 0 Å². The lowest BCUT2D eigenvalue weighted by Gasteiger charge is -2.19. The van der Waals surface area contributed by atoms with Crippen LogP contribution in [0.2, 0.25) is 0 Å². The van der Waals surface area contributed by atoms with Crippen LogP contribution in [0, 0.1) is 0 Å². The van der Waals surface area contributed by atoms with Crippen LogP contribution in [0.15, 0.2) is 17.1 Å². The van der Waals surface area contributed by atoms with E-state index >= 15 is 0 Å². The maximum absolute atomic E-state index is 11.2. The van der Waals surface area contributed by atoms with Gasteiger partial charge in [-0.2, -0.15) is 0 Å². The smallest absolute Gasteiger partial charge is 0.179 e. The van der Waals surface area contributed by atoms with Crippen LogP contribution in [-0.2, 0) is 9.84 Å². The van der Waals surface area contributed by atoms with Gasteiger partial charge in [-0.3, -0.25) is 4.99 Å². The maximum atomic E-state index is 11.2. The van der Waals surface area contributed by atoms with Crippen LogP contribution >= 0.6 is 0 Å². The second kappa shape index (κ2) is 2.44. The van der Waals surface area contributed by atoms with E-state index in [1.807, 2.05) is 6.92 Å². The fourth-order valence-corrected chi connectivity index (χ4v) is 2.20. The average Bonchev–Trinajstić information content (AvgIpc) is 2.33. The highest BCUT2D eigenvalue weighted by Gasteiger charge is 2.36. The summed E-state index contributed by atoms with van der Waals surface area (Å²) in [5, 5.41) is 0. The largest absolute Gasteiger partial charge is 0.266 e. The summed E-state index contributed by atoms with van der Waals surface area (Å²) in [6.45, 7) is 1.81. The second-order valence-corrected chi connectivity index (χ2v) is 4.86. The van der Waals surface area contributed by atoms with Gasteiger partial charge in [-0.1, -0.05) is 6.92 Å². The van der Waals surface area contributed by atoms with Crippen LogP contribution in [0.25, 0.3) is 0 Å². The molecular weight excluding hydrogens is 162 g/mol. The van der Waals surface area contributed by atoms with Gasteiger partial charge in [0.1, 0.15) is 0 Å². The molecule has 62 valence electrons. The maximum Gasteiger partial charge on any atom is 0.179 e. The fourth-order valence-electron chi connectivity index (χ4n) is 1.10. The highest BCUT2D eigenvalue weighted by Crippen LogP contribution is 2.26. The number of hydrogen-bond acceptors (Lipinski definition) is 3. The van der Waals surface area contributed by atoms with Crippen LogP contribution < -0.4 is 0 Å². The Bertz CT molecular complexity index is 288. The third kappa shape index (κ3) is 1.22. The molecule has 1 unspecified atom stereocenters. The minimum atomic E-state index is -3.10. The zero-order chi connectivity index (χ0) is 8.54. The van der Waals surface area contributed by atoms with Crippen LogP contribution in [0.5, 0.6) is 0 Å². The number of aliphatic imine (C=N–C) groups is 1. The van der Waals surface area contributed by atoms with Gasteiger partial charge < -0.3 is 0 Å². The predicted molar refractivity (Wildman–Crippen MR) is 45.5 cm³/mol. The molecule has 0 aromatic rings. The summed E-state index contributed by atoms with van der Waals surface area (Å²) >= 11 is 0. The molecule has 3 nitrogen and oxygen atoms in total. The van der Waals surface area contributed by atoms with Crippen LogP contribution in [-0.4, -0.2) is 25.8 Å². The molecule has 4 heteroatoms. The van der Waals surface area contributed by atoms with E-state index in [-0.39, 0.29) is 0 Å². The molecule has 0 bridgehead atoms. The highest BCUT2D eigenvalue weighted by molar-refractivity contribution is 7.92. The van der Waals surface area contributed by atoms with Crippen LogP contribution in [0.1, 0.15) is 13.3 Å². The molecule has 0 aromatic carbocycles. The molecule has 1 aliphatic rings. The minimum absolute atomic E-state index is 0.499. The minimum Gasteiger partial charge on any atom is -0.266 e. The molecule has 0 aromatic heterocycles. The lowest BCUT2D eigenvalue weighted by molar-refractivity contribution is 0.559. The molecule has 0 saturated carbocycles. The molecule has 1 atom stereocenters. The molecule has 1 aliphatic heterocycles. The molecular formula is C7H11NO2S. The van der Waals surface area contributed by atoms with Gasteiger partial charge in [-0.25, -0.2) is 8.42 Å². The summed E-state index contributed by atoms with van der Waals surface area (Å²) < 4.78 is 22.4. The lowest BCUT2D eigenvalue weighted by atomic mass is 10.2. The van der Waals surface area contributed by atoms with Crippen molar-refractivity contribution < 1.29 is 8.42 Å². The Morgan fingerprint density at radius 1 is 1.55 bits per heavy atom. The van der Waals surface area contributed by atoms with E-state index in [4.69, 9.17) is 0 Å². The molecule has 0 N–H and O–H groups in total. The van der Waals surface area contributed by atoms with Crippen molar-refractivity contribution in [2.45, 2.75) is 18.2 Å². The Balaban J connectivity index is 3.15. The third-order valence-corrected chi connectivity index (χ3v) is 3.70. The second-order valence-electron chi connectivity index (χ2n) is 2.61. The highest BCUT2D eigenvalue weighted by atomic mass is 32.2. The molecule has 0 saturated heterocycles. The van der Waals surface area contributed by atoms with Gasteiger partial charge in [0.25, 0.3) is 0 Å². The molecule has 0 spiro atoms. The SMILES string of the molecule is CCC1(S(C)(=O)=O)C=CC=N1. The topological polar surface area (TPSA) is 46.5 Å². The van der Waals surface area contributed by atoms with Gasteiger partial charge in [-0.05, 0) is 18.6 Å². The Morgan fingerprint density at radius 3 is 2.36 bits per heavy atom. The first-order valence-electron chi connectivity index (χ1n) is 3.44. The van der Waals surface area contributed by atoms with Crippen molar-refractivity contribution in [3.8, 4) is 0 Å². The average molecular weight is 173 g/mol. The lowest BCUT2D eigenvalue weighted by Crippen LogP contribution is -2.31. The van der Waals surface area contributed by atoms with E-state index in [0.29, 0.717) is 6.42 Å². The fraction of sp³-hybridized carbons (Fsp3) is 0.571. The Hall–Kier alpha value is -0.640. The van der Waals surface area contributed by atoms with E-state index in [1.54, 1.807) is 12.2 Å². The van der Waals surface area contributed by atoms with E-state index in [2.05, 4.69) is 4.99 Å². The summed E-state index contributed by atoms with van der Waals surface area (Å²) in [5.41, 5.74) is 0. The number of sulfone groups is 1. The standard InChI is InChI=1S/C7H11NO2S/c1-3-7(11(2,9)10)5-4-6-8-7/h4-6H,3H2,1-2H3. The first-order chi connectivity index (χ1) is 5.02. The summed E-state index contributed by atoms with van der Waals surface area (Å²) in [7, 11) is -3.10. The predicted octanol–water partition coefficient (Wildman–Crippen LogP) is 0.778. The Morgan fingerprint density at radius 2 is 2.18 bits per heavy atom. The van der Waals surface area contributed by atoms with Gasteiger partial charge >= 0.3 is 0 Å². The van der Waals surface area contributed by atoms with Gasteiger partial charge in [0.15, 0.2) is 14.7 Å². The summed E-state index contributed by atoms with van der Waals surface area (Å²) in [4.78, 5) is 2.97. The van der Waals surface area contributed by atoms with E-state index < -0.39 is 14.7 Å². The monoisotopic (exact) mass is 173 g/mol. The zero-order valence-electron chi connectivity index (χ0n) is 6.61. The normalized spacial score (nSPS) is 29.6. The third-order valence-electron chi connectivity index (χ3n) is 1.88. The number of hydrogen-bond donors (Lipinski definition) is 0.